The summed E-state index contributed by atoms with van der Waals surface area (Å²) in [5.74, 6) is -0.536. The van der Waals surface area contributed by atoms with Gasteiger partial charge in [-0.2, -0.15) is 0 Å². The Morgan fingerprint density at radius 1 is 1.28 bits per heavy atom. The number of pyridine rings is 1. The predicted molar refractivity (Wildman–Crippen MR) is 92.4 cm³/mol. The van der Waals surface area contributed by atoms with Crippen LogP contribution in [0.15, 0.2) is 42.6 Å². The SMILES string of the molecule is CN(Cc1cccnc1Cl)C(=O)c1ccc(N2CC(=O)NC2=O)cc1. The minimum Gasteiger partial charge on any atom is -0.337 e. The molecule has 1 aliphatic heterocycles. The number of carbonyl (C=O) groups excluding carboxylic acids is 3. The fraction of sp³-hybridized carbons (Fsp3) is 0.176. The molecule has 0 radical (unpaired) electrons. The number of hydrogen-bond donors (Lipinski definition) is 1. The Hall–Kier alpha value is -2.93. The Labute approximate surface area is 149 Å². The van der Waals surface area contributed by atoms with Crippen LogP contribution in [-0.2, 0) is 11.3 Å². The Morgan fingerprint density at radius 2 is 2.00 bits per heavy atom. The summed E-state index contributed by atoms with van der Waals surface area (Å²) in [7, 11) is 1.67. The van der Waals surface area contributed by atoms with Crippen LogP contribution in [0.1, 0.15) is 15.9 Å². The van der Waals surface area contributed by atoms with Gasteiger partial charge in [0.15, 0.2) is 0 Å². The monoisotopic (exact) mass is 358 g/mol. The van der Waals surface area contributed by atoms with E-state index in [0.717, 1.165) is 5.56 Å². The van der Waals surface area contributed by atoms with Crippen LogP contribution in [0.2, 0.25) is 5.15 Å². The average Bonchev–Trinajstić information content (AvgIpc) is 2.94. The highest BCUT2D eigenvalue weighted by molar-refractivity contribution is 6.30. The van der Waals surface area contributed by atoms with E-state index in [2.05, 4.69) is 10.3 Å². The van der Waals surface area contributed by atoms with Crippen LogP contribution in [0.3, 0.4) is 0 Å². The van der Waals surface area contributed by atoms with Crippen LogP contribution in [0, 0.1) is 0 Å². The number of rotatable bonds is 4. The van der Waals surface area contributed by atoms with E-state index in [1.165, 1.54) is 9.80 Å². The highest BCUT2D eigenvalue weighted by Crippen LogP contribution is 2.19. The fourth-order valence-corrected chi connectivity index (χ4v) is 2.70. The number of nitrogens with zero attached hydrogens (tertiary/aromatic N) is 3. The molecule has 0 spiro atoms. The van der Waals surface area contributed by atoms with Crippen LogP contribution in [0.25, 0.3) is 0 Å². The molecule has 7 nitrogen and oxygen atoms in total. The normalized spacial score (nSPS) is 13.8. The lowest BCUT2D eigenvalue weighted by atomic mass is 10.1. The molecule has 1 aromatic heterocycles. The summed E-state index contributed by atoms with van der Waals surface area (Å²) in [6.45, 7) is 0.307. The van der Waals surface area contributed by atoms with Gasteiger partial charge >= 0.3 is 6.03 Å². The van der Waals surface area contributed by atoms with Gasteiger partial charge in [-0.3, -0.25) is 19.8 Å². The van der Waals surface area contributed by atoms with E-state index < -0.39 is 6.03 Å². The number of urea groups is 1. The third-order valence-corrected chi connectivity index (χ3v) is 4.15. The number of imide groups is 1. The van der Waals surface area contributed by atoms with Crippen molar-refractivity contribution in [2.24, 2.45) is 0 Å². The smallest absolute Gasteiger partial charge is 0.329 e. The van der Waals surface area contributed by atoms with Crippen molar-refractivity contribution in [3.05, 3.63) is 58.9 Å². The number of benzene rings is 1. The molecule has 8 heteroatoms. The second-order valence-electron chi connectivity index (χ2n) is 5.60. The lowest BCUT2D eigenvalue weighted by Gasteiger charge is -2.18. The van der Waals surface area contributed by atoms with E-state index in [9.17, 15) is 14.4 Å². The van der Waals surface area contributed by atoms with Gasteiger partial charge in [-0.1, -0.05) is 17.7 Å². The van der Waals surface area contributed by atoms with Crippen LogP contribution in [-0.4, -0.2) is 41.3 Å². The molecule has 25 heavy (non-hydrogen) atoms. The second-order valence-corrected chi connectivity index (χ2v) is 5.96. The topological polar surface area (TPSA) is 82.6 Å². The molecule has 128 valence electrons. The lowest BCUT2D eigenvalue weighted by molar-refractivity contribution is -0.117. The predicted octanol–water partition coefficient (Wildman–Crippen LogP) is 2.06. The zero-order valence-corrected chi connectivity index (χ0v) is 14.2. The van der Waals surface area contributed by atoms with Crippen LogP contribution < -0.4 is 10.2 Å². The number of halogens is 1. The van der Waals surface area contributed by atoms with E-state index >= 15 is 0 Å². The molecule has 1 aliphatic rings. The van der Waals surface area contributed by atoms with Crippen molar-refractivity contribution in [3.8, 4) is 0 Å². The molecule has 1 N–H and O–H groups in total. The van der Waals surface area contributed by atoms with Gasteiger partial charge in [-0.05, 0) is 30.3 Å². The Bertz CT molecular complexity index is 838. The van der Waals surface area contributed by atoms with Gasteiger partial charge in [0.05, 0.1) is 0 Å². The molecule has 0 aliphatic carbocycles. The van der Waals surface area contributed by atoms with Crippen molar-refractivity contribution < 1.29 is 14.4 Å². The maximum atomic E-state index is 12.5. The molecule has 1 saturated heterocycles. The summed E-state index contributed by atoms with van der Waals surface area (Å²) in [6.07, 6.45) is 1.59. The summed E-state index contributed by atoms with van der Waals surface area (Å²) in [5.41, 5.74) is 1.78. The van der Waals surface area contributed by atoms with Crippen molar-refractivity contribution in [1.82, 2.24) is 15.2 Å². The highest BCUT2D eigenvalue weighted by atomic mass is 35.5. The molecule has 4 amide bonds. The van der Waals surface area contributed by atoms with Crippen molar-refractivity contribution in [1.29, 1.82) is 0 Å². The minimum absolute atomic E-state index is 0.0223. The van der Waals surface area contributed by atoms with E-state index in [1.54, 1.807) is 43.6 Å². The van der Waals surface area contributed by atoms with E-state index in [4.69, 9.17) is 11.6 Å². The van der Waals surface area contributed by atoms with Gasteiger partial charge in [0.1, 0.15) is 11.7 Å². The van der Waals surface area contributed by atoms with Crippen LogP contribution >= 0.6 is 11.6 Å². The standard InChI is InChI=1S/C17H15ClN4O3/c1-21(9-12-3-2-8-19-15(12)18)16(24)11-4-6-13(7-5-11)22-10-14(23)20-17(22)25/h2-8H,9-10H2,1H3,(H,20,23,25). The molecule has 0 bridgehead atoms. The number of aromatic nitrogens is 1. The maximum Gasteiger partial charge on any atom is 0.329 e. The molecule has 0 saturated carbocycles. The lowest BCUT2D eigenvalue weighted by Crippen LogP contribution is -2.28. The largest absolute Gasteiger partial charge is 0.337 e. The van der Waals surface area contributed by atoms with Gasteiger partial charge in [0.2, 0.25) is 5.91 Å². The van der Waals surface area contributed by atoms with Gasteiger partial charge in [-0.25, -0.2) is 9.78 Å². The summed E-state index contributed by atoms with van der Waals surface area (Å²) >= 11 is 6.02. The first-order valence-corrected chi connectivity index (χ1v) is 7.90. The molecule has 2 heterocycles. The molecular weight excluding hydrogens is 344 g/mol. The number of anilines is 1. The van der Waals surface area contributed by atoms with Crippen LogP contribution in [0.5, 0.6) is 0 Å². The quantitative estimate of drug-likeness (QED) is 0.670. The van der Waals surface area contributed by atoms with E-state index in [0.29, 0.717) is 22.9 Å². The third-order valence-electron chi connectivity index (χ3n) is 3.81. The number of nitrogens with one attached hydrogen (secondary N) is 1. The first-order valence-electron chi connectivity index (χ1n) is 7.52. The van der Waals surface area contributed by atoms with Crippen molar-refractivity contribution in [2.75, 3.05) is 18.5 Å². The zero-order valence-electron chi connectivity index (χ0n) is 13.4. The average molecular weight is 359 g/mol. The van der Waals surface area contributed by atoms with Gasteiger partial charge < -0.3 is 4.90 Å². The first-order chi connectivity index (χ1) is 12.0. The second kappa shape index (κ2) is 6.90. The van der Waals surface area contributed by atoms with E-state index in [1.807, 2.05) is 6.07 Å². The minimum atomic E-state index is -0.465. The molecule has 1 aromatic carbocycles. The maximum absolute atomic E-state index is 12.5. The Balaban J connectivity index is 1.71. The number of hydrogen-bond acceptors (Lipinski definition) is 4. The van der Waals surface area contributed by atoms with Gasteiger partial charge in [-0.15, -0.1) is 0 Å². The first kappa shape index (κ1) is 16.9. The molecular formula is C17H15ClN4O3. The number of amides is 4. The third kappa shape index (κ3) is 3.61. The molecule has 0 atom stereocenters. The van der Waals surface area contributed by atoms with Gasteiger partial charge in [0.25, 0.3) is 5.91 Å². The molecule has 3 rings (SSSR count). The van der Waals surface area contributed by atoms with Gasteiger partial charge in [0, 0.05) is 36.6 Å². The summed E-state index contributed by atoms with van der Waals surface area (Å²) < 4.78 is 0. The Kier molecular flexibility index (Phi) is 4.67. The van der Waals surface area contributed by atoms with Crippen molar-refractivity contribution in [3.63, 3.8) is 0 Å². The molecule has 1 fully saturated rings. The zero-order chi connectivity index (χ0) is 18.0. The van der Waals surface area contributed by atoms with Crippen LogP contribution in [0.4, 0.5) is 10.5 Å². The van der Waals surface area contributed by atoms with Crippen molar-refractivity contribution in [2.45, 2.75) is 6.54 Å². The summed E-state index contributed by atoms with van der Waals surface area (Å²) in [4.78, 5) is 42.3. The Morgan fingerprint density at radius 3 is 2.60 bits per heavy atom. The highest BCUT2D eigenvalue weighted by Gasteiger charge is 2.28. The van der Waals surface area contributed by atoms with E-state index in [-0.39, 0.29) is 18.4 Å². The molecule has 2 aromatic rings. The van der Waals surface area contributed by atoms with Crippen molar-refractivity contribution >= 4 is 35.1 Å². The number of carbonyl (C=O) groups is 3. The fourth-order valence-electron chi connectivity index (χ4n) is 2.52. The summed E-state index contributed by atoms with van der Waals surface area (Å²) in [5, 5.41) is 2.57. The summed E-state index contributed by atoms with van der Waals surface area (Å²) in [6, 6.07) is 9.62. The molecule has 0 unspecified atom stereocenters.